The Bertz CT molecular complexity index is 2200. The van der Waals surface area contributed by atoms with Crippen LogP contribution in [0.15, 0.2) is 60.7 Å². The van der Waals surface area contributed by atoms with E-state index in [1.807, 2.05) is 42.5 Å². The molecule has 2 N–H and O–H groups in total. The van der Waals surface area contributed by atoms with Crippen molar-refractivity contribution in [3.8, 4) is 17.0 Å². The molecule has 8 rings (SSSR count). The van der Waals surface area contributed by atoms with E-state index in [0.717, 1.165) is 75.4 Å². The number of carbonyl (C=O) groups is 2. The number of nitrogens with one attached hydrogen (secondary N) is 2. The number of likely N-dealkylation sites (N-methyl/N-ethyl adjacent to an activating group) is 1. The van der Waals surface area contributed by atoms with E-state index in [2.05, 4.69) is 33.8 Å². The smallest absolute Gasteiger partial charge is 0.322 e. The summed E-state index contributed by atoms with van der Waals surface area (Å²) in [5, 5.41) is 5.38. The van der Waals surface area contributed by atoms with Crippen molar-refractivity contribution in [1.82, 2.24) is 18.9 Å². The molecule has 0 bridgehead atoms. The first-order chi connectivity index (χ1) is 24.8. The lowest BCUT2D eigenvalue weighted by Gasteiger charge is -2.42. The van der Waals surface area contributed by atoms with Crippen LogP contribution in [0.3, 0.4) is 0 Å². The van der Waals surface area contributed by atoms with Crippen molar-refractivity contribution in [2.75, 3.05) is 47.9 Å². The molecule has 0 radical (unpaired) electrons. The number of carbonyl (C=O) groups excluding carboxylic acids is 2. The maximum atomic E-state index is 15.4. The first kappa shape index (κ1) is 35.3. The largest absolute Gasteiger partial charge is 0.497 e. The number of aromatic nitrogens is 1. The van der Waals surface area contributed by atoms with Crippen molar-refractivity contribution < 1.29 is 27.2 Å². The number of benzene rings is 3. The molecule has 2 saturated carbocycles. The standard InChI is InChI=1S/C40H46ClN5O5S/c1-44(2)52(49,50)43-38(47)27-12-16-31-35(20-27)45-24-40(39(48)46(3)19-18-42-34(23-46)25-10-13-28(41)14-11-25)22-33(40)32-21-29(51-4)15-17-30(32)37(45)36(31)26-8-6-5-7-9-26/h10-17,20-21,26,33-34,42H,5-9,18-19,22-24H2,1-4H3/p+1. The molecule has 0 spiro atoms. The van der Waals surface area contributed by atoms with E-state index in [1.54, 1.807) is 13.2 Å². The molecule has 3 aromatic carbocycles. The molecule has 1 aromatic heterocycles. The summed E-state index contributed by atoms with van der Waals surface area (Å²) in [6.45, 7) is 2.48. The summed E-state index contributed by atoms with van der Waals surface area (Å²) in [5.74, 6) is 0.644. The van der Waals surface area contributed by atoms with Crippen LogP contribution in [0.25, 0.3) is 22.2 Å². The van der Waals surface area contributed by atoms with Gasteiger partial charge in [0.2, 0.25) is 0 Å². The molecular formula is C40H47ClN5O5S+. The molecule has 4 aromatic rings. The predicted molar refractivity (Wildman–Crippen MR) is 203 cm³/mol. The first-order valence-electron chi connectivity index (χ1n) is 18.3. The number of quaternary nitrogens is 1. The number of fused-ring (bicyclic) bond motifs is 7. The zero-order chi connectivity index (χ0) is 36.6. The van der Waals surface area contributed by atoms with Crippen LogP contribution in [0.2, 0.25) is 5.02 Å². The number of nitrogens with zero attached hydrogens (tertiary/aromatic N) is 3. The summed E-state index contributed by atoms with van der Waals surface area (Å²) in [5.41, 5.74) is 6.17. The average molecular weight is 745 g/mol. The number of ether oxygens (including phenoxy) is 1. The molecule has 4 unspecified atom stereocenters. The average Bonchev–Trinajstić information content (AvgIpc) is 3.81. The van der Waals surface area contributed by atoms with Crippen LogP contribution in [0.1, 0.15) is 83.5 Å². The SMILES string of the molecule is COc1ccc2c(c1)C1CC1(C(=O)[N+]1(C)CCNC(c3ccc(Cl)cc3)C1)Cn1c-2c(C2CCCCC2)c2ccc(C(=O)NS(=O)(=O)N(C)C)cc21. The molecule has 12 heteroatoms. The number of hydrogen-bond acceptors (Lipinski definition) is 6. The van der Waals surface area contributed by atoms with Gasteiger partial charge in [0.05, 0.1) is 32.4 Å². The number of hydrogen-bond donors (Lipinski definition) is 2. The minimum Gasteiger partial charge on any atom is -0.497 e. The highest BCUT2D eigenvalue weighted by Crippen LogP contribution is 2.66. The summed E-state index contributed by atoms with van der Waals surface area (Å²) in [7, 11) is 2.55. The second-order valence-corrected chi connectivity index (χ2v) is 18.0. The third-order valence-corrected chi connectivity index (χ3v) is 13.9. The van der Waals surface area contributed by atoms with E-state index in [9.17, 15) is 13.2 Å². The van der Waals surface area contributed by atoms with E-state index in [0.29, 0.717) is 41.6 Å². The summed E-state index contributed by atoms with van der Waals surface area (Å²) in [4.78, 5) is 28.9. The normalized spacial score (nSPS) is 25.9. The van der Waals surface area contributed by atoms with E-state index >= 15 is 4.79 Å². The third kappa shape index (κ3) is 5.85. The fourth-order valence-electron chi connectivity index (χ4n) is 9.37. The molecule has 1 saturated heterocycles. The Morgan fingerprint density at radius 2 is 1.79 bits per heavy atom. The van der Waals surface area contributed by atoms with Crippen LogP contribution in [-0.2, 0) is 21.5 Å². The molecule has 2 aliphatic heterocycles. The maximum Gasteiger partial charge on any atom is 0.322 e. The minimum absolute atomic E-state index is 0.00659. The quantitative estimate of drug-likeness (QED) is 0.213. The number of amides is 2. The molecule has 10 nitrogen and oxygen atoms in total. The van der Waals surface area contributed by atoms with Gasteiger partial charge in [0.15, 0.2) is 0 Å². The van der Waals surface area contributed by atoms with Crippen molar-refractivity contribution in [2.45, 2.75) is 62.9 Å². The van der Waals surface area contributed by atoms with Gasteiger partial charge >= 0.3 is 16.1 Å². The molecule has 3 heterocycles. The van der Waals surface area contributed by atoms with Crippen LogP contribution in [0.4, 0.5) is 0 Å². The Morgan fingerprint density at radius 3 is 2.50 bits per heavy atom. The van der Waals surface area contributed by atoms with Crippen molar-refractivity contribution in [1.29, 1.82) is 0 Å². The Morgan fingerprint density at radius 1 is 1.04 bits per heavy atom. The van der Waals surface area contributed by atoms with Crippen molar-refractivity contribution in [3.05, 3.63) is 87.9 Å². The van der Waals surface area contributed by atoms with E-state index < -0.39 is 21.5 Å². The van der Waals surface area contributed by atoms with Crippen LogP contribution in [0.5, 0.6) is 5.75 Å². The Kier molecular flexibility index (Phi) is 8.81. The zero-order valence-electron chi connectivity index (χ0n) is 30.2. The Labute approximate surface area is 310 Å². The zero-order valence-corrected chi connectivity index (χ0v) is 31.8. The van der Waals surface area contributed by atoms with Crippen LogP contribution >= 0.6 is 11.6 Å². The summed E-state index contributed by atoms with van der Waals surface area (Å²) >= 11 is 6.22. The lowest BCUT2D eigenvalue weighted by Crippen LogP contribution is -2.62. The van der Waals surface area contributed by atoms with E-state index in [-0.39, 0.29) is 23.4 Å². The highest BCUT2D eigenvalue weighted by Gasteiger charge is 2.68. The highest BCUT2D eigenvalue weighted by atomic mass is 35.5. The number of piperazine rings is 1. The summed E-state index contributed by atoms with van der Waals surface area (Å²) < 4.78 is 36.9. The molecular weight excluding hydrogens is 698 g/mol. The van der Waals surface area contributed by atoms with Crippen LogP contribution < -0.4 is 14.8 Å². The van der Waals surface area contributed by atoms with E-state index in [4.69, 9.17) is 16.3 Å². The molecule has 52 heavy (non-hydrogen) atoms. The predicted octanol–water partition coefficient (Wildman–Crippen LogP) is 6.36. The molecule has 4 aliphatic rings. The van der Waals surface area contributed by atoms with Gasteiger partial charge in [-0.2, -0.15) is 12.7 Å². The van der Waals surface area contributed by atoms with Gasteiger partial charge in [0, 0.05) is 60.2 Å². The summed E-state index contributed by atoms with van der Waals surface area (Å²) in [6, 6.07) is 19.7. The highest BCUT2D eigenvalue weighted by molar-refractivity contribution is 7.87. The third-order valence-electron chi connectivity index (χ3n) is 12.3. The Balaban J connectivity index is 1.28. The van der Waals surface area contributed by atoms with Crippen LogP contribution in [0, 0.1) is 5.41 Å². The van der Waals surface area contributed by atoms with Gasteiger partial charge in [-0.05, 0) is 84.3 Å². The lowest BCUT2D eigenvalue weighted by atomic mass is 9.81. The van der Waals surface area contributed by atoms with E-state index in [1.165, 1.54) is 26.1 Å². The van der Waals surface area contributed by atoms with Gasteiger partial charge in [0.25, 0.3) is 5.91 Å². The molecule has 3 fully saturated rings. The molecule has 274 valence electrons. The first-order valence-corrected chi connectivity index (χ1v) is 20.1. The number of halogens is 1. The Hall–Kier alpha value is -3.74. The molecule has 2 aliphatic carbocycles. The minimum atomic E-state index is -3.99. The fraction of sp³-hybridized carbons (Fsp3) is 0.450. The number of methoxy groups -OCH3 is 1. The monoisotopic (exact) mass is 744 g/mol. The van der Waals surface area contributed by atoms with Crippen molar-refractivity contribution >= 4 is 44.5 Å². The molecule has 4 atom stereocenters. The topological polar surface area (TPSA) is 110 Å². The van der Waals surface area contributed by atoms with Gasteiger partial charge in [-0.25, -0.2) is 9.52 Å². The maximum absolute atomic E-state index is 15.4. The fourth-order valence-corrected chi connectivity index (χ4v) is 10.0. The summed E-state index contributed by atoms with van der Waals surface area (Å²) in [6.07, 6.45) is 6.38. The van der Waals surface area contributed by atoms with Gasteiger partial charge in [-0.3, -0.25) is 14.6 Å². The van der Waals surface area contributed by atoms with Gasteiger partial charge in [-0.1, -0.05) is 49.1 Å². The second-order valence-electron chi connectivity index (χ2n) is 15.7. The van der Waals surface area contributed by atoms with Crippen molar-refractivity contribution in [2.24, 2.45) is 5.41 Å². The van der Waals surface area contributed by atoms with Gasteiger partial charge in [-0.15, -0.1) is 0 Å². The lowest BCUT2D eigenvalue weighted by molar-refractivity contribution is -0.843. The van der Waals surface area contributed by atoms with Gasteiger partial charge < -0.3 is 9.30 Å². The van der Waals surface area contributed by atoms with Crippen molar-refractivity contribution in [3.63, 3.8) is 0 Å². The second kappa shape index (κ2) is 13.0. The van der Waals surface area contributed by atoms with Gasteiger partial charge in [0.1, 0.15) is 17.7 Å². The molecule has 2 amide bonds. The number of rotatable bonds is 7. The van der Waals surface area contributed by atoms with Crippen LogP contribution in [-0.4, -0.2) is 81.5 Å².